The molecule has 1 aromatic heterocycles. The number of halogens is 2. The van der Waals surface area contributed by atoms with E-state index < -0.39 is 29.3 Å². The molecule has 2 amide bonds. The normalized spacial score (nSPS) is 9.76. The van der Waals surface area contributed by atoms with Crippen molar-refractivity contribution in [1.29, 1.82) is 0 Å². The maximum atomic E-state index is 13.1. The molecule has 0 aromatic carbocycles. The van der Waals surface area contributed by atoms with Crippen LogP contribution in [0.4, 0.5) is 13.6 Å². The first-order valence-electron chi connectivity index (χ1n) is 4.53. The molecule has 1 rings (SSSR count). The molecule has 0 bridgehead atoms. The number of amides is 2. The van der Waals surface area contributed by atoms with Crippen LogP contribution >= 0.6 is 0 Å². The summed E-state index contributed by atoms with van der Waals surface area (Å²) in [5.74, 6) is -3.52. The van der Waals surface area contributed by atoms with E-state index in [2.05, 4.69) is 20.8 Å². The van der Waals surface area contributed by atoms with E-state index in [1.807, 2.05) is 0 Å². The minimum Gasteiger partial charge on any atom is -0.448 e. The summed E-state index contributed by atoms with van der Waals surface area (Å²) in [4.78, 5) is 24.6. The number of hydrogen-bond acceptors (Lipinski definition) is 4. The van der Waals surface area contributed by atoms with Gasteiger partial charge in [0.2, 0.25) is 5.95 Å². The molecule has 0 radical (unpaired) electrons. The first-order chi connectivity index (χ1) is 8.02. The van der Waals surface area contributed by atoms with Gasteiger partial charge in [0.25, 0.3) is 5.91 Å². The van der Waals surface area contributed by atoms with Crippen molar-refractivity contribution >= 4 is 12.0 Å². The average Bonchev–Trinajstić information content (AvgIpc) is 2.27. The largest absolute Gasteiger partial charge is 0.448 e. The second kappa shape index (κ2) is 5.73. The van der Waals surface area contributed by atoms with E-state index in [9.17, 15) is 18.4 Å². The van der Waals surface area contributed by atoms with Crippen LogP contribution in [-0.2, 0) is 4.74 Å². The van der Waals surface area contributed by atoms with Gasteiger partial charge in [0.1, 0.15) is 6.61 Å². The molecular formula is C9H9F2N3O3. The fraction of sp³-hybridized carbons (Fsp3) is 0.222. The van der Waals surface area contributed by atoms with Gasteiger partial charge in [-0.3, -0.25) is 4.79 Å². The summed E-state index contributed by atoms with van der Waals surface area (Å²) in [6.45, 7) is -0.221. The van der Waals surface area contributed by atoms with Gasteiger partial charge < -0.3 is 15.8 Å². The number of nitrogens with zero attached hydrogens (tertiary/aromatic N) is 1. The molecule has 0 aliphatic carbocycles. The zero-order chi connectivity index (χ0) is 12.8. The molecule has 1 heterocycles. The molecule has 0 spiro atoms. The van der Waals surface area contributed by atoms with E-state index in [-0.39, 0.29) is 13.2 Å². The van der Waals surface area contributed by atoms with Gasteiger partial charge in [0.15, 0.2) is 5.82 Å². The van der Waals surface area contributed by atoms with Gasteiger partial charge in [-0.15, -0.1) is 0 Å². The van der Waals surface area contributed by atoms with Crippen molar-refractivity contribution in [2.24, 2.45) is 5.73 Å². The second-order valence-corrected chi connectivity index (χ2v) is 2.89. The molecule has 17 heavy (non-hydrogen) atoms. The molecular weight excluding hydrogens is 236 g/mol. The van der Waals surface area contributed by atoms with Gasteiger partial charge in [-0.25, -0.2) is 14.2 Å². The number of aromatic nitrogens is 1. The molecule has 0 atom stereocenters. The van der Waals surface area contributed by atoms with Crippen molar-refractivity contribution in [3.8, 4) is 0 Å². The van der Waals surface area contributed by atoms with Crippen LogP contribution in [0.2, 0.25) is 0 Å². The highest BCUT2D eigenvalue weighted by Crippen LogP contribution is 2.08. The Morgan fingerprint density at radius 1 is 1.47 bits per heavy atom. The lowest BCUT2D eigenvalue weighted by Crippen LogP contribution is -2.29. The van der Waals surface area contributed by atoms with Crippen LogP contribution in [0.25, 0.3) is 0 Å². The molecule has 0 saturated heterocycles. The fourth-order valence-corrected chi connectivity index (χ4v) is 1.00. The van der Waals surface area contributed by atoms with Crippen LogP contribution in [-0.4, -0.2) is 30.1 Å². The molecule has 6 nitrogen and oxygen atoms in total. The zero-order valence-corrected chi connectivity index (χ0v) is 8.57. The number of nitrogens with one attached hydrogen (secondary N) is 1. The highest BCUT2D eigenvalue weighted by molar-refractivity contribution is 5.94. The molecule has 8 heteroatoms. The van der Waals surface area contributed by atoms with Crippen molar-refractivity contribution < 1.29 is 23.1 Å². The quantitative estimate of drug-likeness (QED) is 0.584. The molecule has 0 fully saturated rings. The number of pyridine rings is 1. The zero-order valence-electron chi connectivity index (χ0n) is 8.57. The van der Waals surface area contributed by atoms with Crippen molar-refractivity contribution in [3.05, 3.63) is 29.6 Å². The smallest absolute Gasteiger partial charge is 0.404 e. The summed E-state index contributed by atoms with van der Waals surface area (Å²) in [6, 6.07) is 1.03. The number of rotatable bonds is 4. The van der Waals surface area contributed by atoms with E-state index in [0.29, 0.717) is 0 Å². The summed E-state index contributed by atoms with van der Waals surface area (Å²) >= 11 is 0. The Morgan fingerprint density at radius 2 is 2.18 bits per heavy atom. The number of carbonyl (C=O) groups excluding carboxylic acids is 2. The Bertz CT molecular complexity index is 439. The first-order valence-corrected chi connectivity index (χ1v) is 4.53. The average molecular weight is 245 g/mol. The summed E-state index contributed by atoms with van der Waals surface area (Å²) < 4.78 is 30.1. The van der Waals surface area contributed by atoms with Crippen LogP contribution in [0.3, 0.4) is 0 Å². The lowest BCUT2D eigenvalue weighted by Gasteiger charge is -2.05. The molecule has 92 valence electrons. The highest BCUT2D eigenvalue weighted by atomic mass is 19.2. The SMILES string of the molecule is NC(=O)OCCNC(=O)c1ccnc(F)c1F. The summed E-state index contributed by atoms with van der Waals surface area (Å²) in [5.41, 5.74) is 4.20. The molecule has 0 aliphatic rings. The van der Waals surface area contributed by atoms with E-state index in [4.69, 9.17) is 0 Å². The van der Waals surface area contributed by atoms with Gasteiger partial charge in [-0.05, 0) is 6.07 Å². The Labute approximate surface area is 94.8 Å². The Kier molecular flexibility index (Phi) is 4.32. The van der Waals surface area contributed by atoms with Gasteiger partial charge >= 0.3 is 6.09 Å². The van der Waals surface area contributed by atoms with E-state index >= 15 is 0 Å². The maximum absolute atomic E-state index is 13.1. The lowest BCUT2D eigenvalue weighted by molar-refractivity contribution is 0.0931. The summed E-state index contributed by atoms with van der Waals surface area (Å²) in [5, 5.41) is 2.22. The molecule has 0 aliphatic heterocycles. The second-order valence-electron chi connectivity index (χ2n) is 2.89. The minimum absolute atomic E-state index is 0.0643. The van der Waals surface area contributed by atoms with Gasteiger partial charge in [-0.1, -0.05) is 0 Å². The molecule has 3 N–H and O–H groups in total. The third-order valence-corrected chi connectivity index (χ3v) is 1.72. The van der Waals surface area contributed by atoms with E-state index in [1.54, 1.807) is 0 Å². The number of carbonyl (C=O) groups is 2. The molecule has 1 aromatic rings. The van der Waals surface area contributed by atoms with Crippen molar-refractivity contribution in [1.82, 2.24) is 10.3 Å². The minimum atomic E-state index is -1.36. The van der Waals surface area contributed by atoms with E-state index in [0.717, 1.165) is 12.3 Å². The number of ether oxygens (including phenoxy) is 1. The highest BCUT2D eigenvalue weighted by Gasteiger charge is 2.15. The maximum Gasteiger partial charge on any atom is 0.404 e. The Balaban J connectivity index is 2.53. The standard InChI is InChI=1S/C9H9F2N3O3/c10-6-5(1-2-13-7(6)11)8(15)14-3-4-17-9(12)16/h1-2H,3-4H2,(H2,12,16)(H,14,15). The fourth-order valence-electron chi connectivity index (χ4n) is 1.00. The third kappa shape index (κ3) is 3.67. The van der Waals surface area contributed by atoms with Crippen LogP contribution in [0.1, 0.15) is 10.4 Å². The van der Waals surface area contributed by atoms with Crippen LogP contribution in [0.5, 0.6) is 0 Å². The number of hydrogen-bond donors (Lipinski definition) is 2. The van der Waals surface area contributed by atoms with Crippen molar-refractivity contribution in [2.75, 3.05) is 13.2 Å². The third-order valence-electron chi connectivity index (χ3n) is 1.72. The van der Waals surface area contributed by atoms with Crippen LogP contribution in [0.15, 0.2) is 12.3 Å². The van der Waals surface area contributed by atoms with Crippen LogP contribution < -0.4 is 11.1 Å². The Hall–Kier alpha value is -2.25. The number of primary amides is 1. The Morgan fingerprint density at radius 3 is 2.82 bits per heavy atom. The van der Waals surface area contributed by atoms with Gasteiger partial charge in [0.05, 0.1) is 12.1 Å². The summed E-state index contributed by atoms with van der Waals surface area (Å²) in [6.07, 6.45) is -0.0202. The van der Waals surface area contributed by atoms with E-state index in [1.165, 1.54) is 0 Å². The first kappa shape index (κ1) is 12.8. The summed E-state index contributed by atoms with van der Waals surface area (Å²) in [7, 11) is 0. The van der Waals surface area contributed by atoms with Gasteiger partial charge in [0, 0.05) is 6.20 Å². The predicted octanol–water partition coefficient (Wildman–Crippen LogP) is 0.185. The monoisotopic (exact) mass is 245 g/mol. The topological polar surface area (TPSA) is 94.3 Å². The van der Waals surface area contributed by atoms with Gasteiger partial charge in [-0.2, -0.15) is 4.39 Å². The van der Waals surface area contributed by atoms with Crippen LogP contribution in [0, 0.1) is 11.8 Å². The van der Waals surface area contributed by atoms with Crippen molar-refractivity contribution in [3.63, 3.8) is 0 Å². The van der Waals surface area contributed by atoms with Crippen molar-refractivity contribution in [2.45, 2.75) is 0 Å². The lowest BCUT2D eigenvalue weighted by atomic mass is 10.2. The number of nitrogens with two attached hydrogens (primary N) is 1. The molecule has 0 unspecified atom stereocenters. The predicted molar refractivity (Wildman–Crippen MR) is 52.0 cm³/mol. The molecule has 0 saturated carbocycles.